The zero-order valence-electron chi connectivity index (χ0n) is 16.9. The first-order valence-corrected chi connectivity index (χ1v) is 10.9. The van der Waals surface area contributed by atoms with Crippen molar-refractivity contribution in [3.63, 3.8) is 0 Å². The van der Waals surface area contributed by atoms with Crippen LogP contribution in [0.5, 0.6) is 11.5 Å². The molecule has 2 aromatic rings. The third-order valence-corrected chi connectivity index (χ3v) is 7.10. The van der Waals surface area contributed by atoms with Crippen molar-refractivity contribution in [1.29, 1.82) is 0 Å². The van der Waals surface area contributed by atoms with Crippen LogP contribution in [0.1, 0.15) is 18.1 Å². The zero-order chi connectivity index (χ0) is 20.3. The van der Waals surface area contributed by atoms with E-state index in [0.717, 1.165) is 22.6 Å². The molecule has 0 aliphatic carbocycles. The second kappa shape index (κ2) is 8.41. The maximum Gasteiger partial charge on any atom is 0.243 e. The van der Waals surface area contributed by atoms with E-state index in [4.69, 9.17) is 9.47 Å². The predicted molar refractivity (Wildman–Crippen MR) is 111 cm³/mol. The second-order valence-corrected chi connectivity index (χ2v) is 8.79. The molecule has 6 nitrogen and oxygen atoms in total. The largest absolute Gasteiger partial charge is 0.496 e. The maximum atomic E-state index is 13.2. The van der Waals surface area contributed by atoms with E-state index in [2.05, 4.69) is 4.90 Å². The summed E-state index contributed by atoms with van der Waals surface area (Å²) >= 11 is 0. The Bertz CT molecular complexity index is 935. The monoisotopic (exact) mass is 404 g/mol. The van der Waals surface area contributed by atoms with Crippen LogP contribution in [0.15, 0.2) is 41.3 Å². The predicted octanol–water partition coefficient (Wildman–Crippen LogP) is 3.22. The van der Waals surface area contributed by atoms with Gasteiger partial charge in [0.05, 0.1) is 24.3 Å². The van der Waals surface area contributed by atoms with E-state index in [1.165, 1.54) is 0 Å². The maximum absolute atomic E-state index is 13.2. The number of hydrogen-bond donors (Lipinski definition) is 0. The summed E-state index contributed by atoms with van der Waals surface area (Å²) in [7, 11) is -2.01. The number of rotatable bonds is 6. The first-order valence-electron chi connectivity index (χ1n) is 9.50. The number of benzene rings is 2. The average molecular weight is 405 g/mol. The first-order chi connectivity index (χ1) is 13.4. The number of piperazine rings is 1. The van der Waals surface area contributed by atoms with Gasteiger partial charge >= 0.3 is 0 Å². The highest BCUT2D eigenvalue weighted by Crippen LogP contribution is 2.31. The summed E-state index contributed by atoms with van der Waals surface area (Å²) in [6.07, 6.45) is 0. The molecule has 0 spiro atoms. The highest BCUT2D eigenvalue weighted by atomic mass is 32.2. The van der Waals surface area contributed by atoms with Crippen molar-refractivity contribution in [3.8, 4) is 11.5 Å². The standard InChI is InChI=1S/C21H28N2O4S/c1-5-27-19-9-7-6-8-18(19)22-10-12-23(13-11-22)28(24,25)21-15-20(26-4)16(2)14-17(21)3/h6-9,14-15H,5,10-13H2,1-4H3. The van der Waals surface area contributed by atoms with Crippen LogP contribution in [0.4, 0.5) is 5.69 Å². The van der Waals surface area contributed by atoms with E-state index >= 15 is 0 Å². The molecule has 0 atom stereocenters. The fourth-order valence-corrected chi connectivity index (χ4v) is 5.26. The fourth-order valence-electron chi connectivity index (χ4n) is 3.62. The van der Waals surface area contributed by atoms with Gasteiger partial charge in [-0.25, -0.2) is 8.42 Å². The van der Waals surface area contributed by atoms with Gasteiger partial charge in [-0.05, 0) is 44.0 Å². The van der Waals surface area contributed by atoms with Crippen molar-refractivity contribution in [2.75, 3.05) is 44.8 Å². The van der Waals surface area contributed by atoms with Gasteiger partial charge < -0.3 is 14.4 Å². The van der Waals surface area contributed by atoms with Crippen molar-refractivity contribution in [1.82, 2.24) is 4.31 Å². The van der Waals surface area contributed by atoms with Crippen molar-refractivity contribution >= 4 is 15.7 Å². The quantitative estimate of drug-likeness (QED) is 0.740. The number of anilines is 1. The van der Waals surface area contributed by atoms with Crippen molar-refractivity contribution in [2.45, 2.75) is 25.7 Å². The molecule has 1 aliphatic heterocycles. The van der Waals surface area contributed by atoms with Gasteiger partial charge in [0.15, 0.2) is 0 Å². The highest BCUT2D eigenvalue weighted by Gasteiger charge is 2.31. The SMILES string of the molecule is CCOc1ccccc1N1CCN(S(=O)(=O)c2cc(OC)c(C)cc2C)CC1. The van der Waals surface area contributed by atoms with Crippen LogP contribution in [-0.2, 0) is 10.0 Å². The minimum absolute atomic E-state index is 0.318. The van der Waals surface area contributed by atoms with Gasteiger partial charge in [0.25, 0.3) is 0 Å². The Kier molecular flexibility index (Phi) is 6.15. The normalized spacial score (nSPS) is 15.5. The lowest BCUT2D eigenvalue weighted by Crippen LogP contribution is -2.48. The van der Waals surface area contributed by atoms with Crippen molar-refractivity contribution in [2.24, 2.45) is 0 Å². The molecule has 3 rings (SSSR count). The number of hydrogen-bond acceptors (Lipinski definition) is 5. The lowest BCUT2D eigenvalue weighted by Gasteiger charge is -2.36. The van der Waals surface area contributed by atoms with Gasteiger partial charge in [-0.1, -0.05) is 18.2 Å². The molecule has 0 amide bonds. The van der Waals surface area contributed by atoms with Gasteiger partial charge in [-0.15, -0.1) is 0 Å². The van der Waals surface area contributed by atoms with E-state index in [9.17, 15) is 8.42 Å². The minimum Gasteiger partial charge on any atom is -0.496 e. The van der Waals surface area contributed by atoms with E-state index in [1.807, 2.05) is 51.1 Å². The van der Waals surface area contributed by atoms with Crippen LogP contribution in [0.2, 0.25) is 0 Å². The molecule has 0 bridgehead atoms. The molecular weight excluding hydrogens is 376 g/mol. The Hall–Kier alpha value is -2.25. The van der Waals surface area contributed by atoms with Crippen LogP contribution in [0.25, 0.3) is 0 Å². The van der Waals surface area contributed by atoms with E-state index < -0.39 is 10.0 Å². The number of nitrogens with zero attached hydrogens (tertiary/aromatic N) is 2. The molecule has 0 unspecified atom stereocenters. The molecule has 28 heavy (non-hydrogen) atoms. The Morgan fingerprint density at radius 2 is 1.64 bits per heavy atom. The first kappa shape index (κ1) is 20.5. The lowest BCUT2D eigenvalue weighted by molar-refractivity contribution is 0.336. The van der Waals surface area contributed by atoms with E-state index in [1.54, 1.807) is 17.5 Å². The number of ether oxygens (including phenoxy) is 2. The van der Waals surface area contributed by atoms with E-state index in [-0.39, 0.29) is 0 Å². The smallest absolute Gasteiger partial charge is 0.243 e. The summed E-state index contributed by atoms with van der Waals surface area (Å²) in [6.45, 7) is 8.39. The summed E-state index contributed by atoms with van der Waals surface area (Å²) in [5.41, 5.74) is 2.67. The number of para-hydroxylation sites is 2. The molecular formula is C21H28N2O4S. The Morgan fingerprint density at radius 3 is 2.29 bits per heavy atom. The topological polar surface area (TPSA) is 59.1 Å². The number of aryl methyl sites for hydroxylation is 2. The molecule has 0 saturated carbocycles. The third-order valence-electron chi connectivity index (χ3n) is 5.05. The number of sulfonamides is 1. The summed E-state index contributed by atoms with van der Waals surface area (Å²) < 4.78 is 39.1. The molecule has 152 valence electrons. The molecule has 1 saturated heterocycles. The number of methoxy groups -OCH3 is 1. The fraction of sp³-hybridized carbons (Fsp3) is 0.429. The van der Waals surface area contributed by atoms with Crippen LogP contribution in [0, 0.1) is 13.8 Å². The molecule has 0 radical (unpaired) electrons. The lowest BCUT2D eigenvalue weighted by atomic mass is 10.1. The van der Waals surface area contributed by atoms with Crippen LogP contribution < -0.4 is 14.4 Å². The molecule has 2 aromatic carbocycles. The summed E-state index contributed by atoms with van der Waals surface area (Å²) in [5.74, 6) is 1.42. The zero-order valence-corrected chi connectivity index (χ0v) is 17.8. The summed E-state index contributed by atoms with van der Waals surface area (Å²) in [4.78, 5) is 2.50. The third kappa shape index (κ3) is 3.95. The average Bonchev–Trinajstić information content (AvgIpc) is 2.69. The second-order valence-electron chi connectivity index (χ2n) is 6.88. The molecule has 7 heteroatoms. The van der Waals surface area contributed by atoms with Gasteiger partial charge in [-0.3, -0.25) is 0 Å². The molecule has 0 aromatic heterocycles. The Labute approximate surface area is 167 Å². The van der Waals surface area contributed by atoms with Crippen LogP contribution >= 0.6 is 0 Å². The van der Waals surface area contributed by atoms with Crippen LogP contribution in [0.3, 0.4) is 0 Å². The van der Waals surface area contributed by atoms with E-state index in [0.29, 0.717) is 43.4 Å². The van der Waals surface area contributed by atoms with Gasteiger partial charge in [0.2, 0.25) is 10.0 Å². The molecule has 1 heterocycles. The van der Waals surface area contributed by atoms with Gasteiger partial charge in [0.1, 0.15) is 11.5 Å². The highest BCUT2D eigenvalue weighted by molar-refractivity contribution is 7.89. The van der Waals surface area contributed by atoms with Gasteiger partial charge in [0, 0.05) is 32.2 Å². The van der Waals surface area contributed by atoms with Crippen LogP contribution in [-0.4, -0.2) is 52.6 Å². The van der Waals surface area contributed by atoms with Crippen molar-refractivity contribution in [3.05, 3.63) is 47.5 Å². The summed E-state index contributed by atoms with van der Waals surface area (Å²) in [6, 6.07) is 11.4. The van der Waals surface area contributed by atoms with Gasteiger partial charge in [-0.2, -0.15) is 4.31 Å². The molecule has 1 fully saturated rings. The summed E-state index contributed by atoms with van der Waals surface area (Å²) in [5, 5.41) is 0. The minimum atomic E-state index is -3.57. The Morgan fingerprint density at radius 1 is 0.964 bits per heavy atom. The molecule has 0 N–H and O–H groups in total. The van der Waals surface area contributed by atoms with Crippen molar-refractivity contribution < 1.29 is 17.9 Å². The Balaban J connectivity index is 1.80. The molecule has 1 aliphatic rings.